The van der Waals surface area contributed by atoms with Gasteiger partial charge in [0.1, 0.15) is 11.3 Å². The molecule has 1 rings (SSSR count). The van der Waals surface area contributed by atoms with Crippen molar-refractivity contribution in [1.29, 1.82) is 0 Å². The lowest BCUT2D eigenvalue weighted by Crippen LogP contribution is -2.56. The number of carbonyl (C=O) groups excluding carboxylic acids is 1. The van der Waals surface area contributed by atoms with Gasteiger partial charge in [0, 0.05) is 13.1 Å². The van der Waals surface area contributed by atoms with Crippen molar-refractivity contribution in [3.63, 3.8) is 0 Å². The van der Waals surface area contributed by atoms with Gasteiger partial charge in [0.15, 0.2) is 0 Å². The highest BCUT2D eigenvalue weighted by atomic mass is 35.5. The number of nitrogens with one attached hydrogen (secondary N) is 1. The smallest absolute Gasteiger partial charge is 0.238 e. The van der Waals surface area contributed by atoms with E-state index in [1.807, 2.05) is 0 Å². The molecule has 7 heteroatoms. The number of rotatable bonds is 3. The van der Waals surface area contributed by atoms with Crippen molar-refractivity contribution in [2.24, 2.45) is 0 Å². The van der Waals surface area contributed by atoms with Crippen LogP contribution in [0.5, 0.6) is 0 Å². The SMILES string of the molecule is CCC1C(=O)NCCN1S(=O)(=O)CCl. The Kier molecular flexibility index (Phi) is 3.74. The molecule has 0 saturated carbocycles. The minimum atomic E-state index is -3.48. The second kappa shape index (κ2) is 4.46. The van der Waals surface area contributed by atoms with Crippen LogP contribution in [0.4, 0.5) is 0 Å². The number of piperazine rings is 1. The van der Waals surface area contributed by atoms with Crippen LogP contribution in [0.3, 0.4) is 0 Å². The molecule has 5 nitrogen and oxygen atoms in total. The molecule has 0 aromatic carbocycles. The van der Waals surface area contributed by atoms with Gasteiger partial charge in [-0.15, -0.1) is 11.6 Å². The summed E-state index contributed by atoms with van der Waals surface area (Å²) in [6.45, 7) is 2.43. The molecule has 1 aliphatic rings. The van der Waals surface area contributed by atoms with E-state index in [2.05, 4.69) is 5.32 Å². The third-order valence-corrected chi connectivity index (χ3v) is 4.42. The van der Waals surface area contributed by atoms with E-state index >= 15 is 0 Å². The molecule has 0 bridgehead atoms. The molecule has 1 N–H and O–H groups in total. The summed E-state index contributed by atoms with van der Waals surface area (Å²) in [6.07, 6.45) is 0.460. The Morgan fingerprint density at radius 3 is 2.79 bits per heavy atom. The van der Waals surface area contributed by atoms with Crippen LogP contribution in [-0.4, -0.2) is 43.0 Å². The summed E-state index contributed by atoms with van der Waals surface area (Å²) in [7, 11) is -3.48. The fraction of sp³-hybridized carbons (Fsp3) is 0.857. The van der Waals surface area contributed by atoms with Gasteiger partial charge < -0.3 is 5.32 Å². The van der Waals surface area contributed by atoms with Gasteiger partial charge >= 0.3 is 0 Å². The van der Waals surface area contributed by atoms with Crippen molar-refractivity contribution >= 4 is 27.5 Å². The second-order valence-corrected chi connectivity index (χ2v) is 5.55. The highest BCUT2D eigenvalue weighted by Gasteiger charge is 2.35. The fourth-order valence-electron chi connectivity index (χ4n) is 1.48. The highest BCUT2D eigenvalue weighted by Crippen LogP contribution is 2.14. The Hall–Kier alpha value is -0.330. The normalized spacial score (nSPS) is 24.7. The number of alkyl halides is 1. The standard InChI is InChI=1S/C7H13ClN2O3S/c1-2-6-7(11)9-3-4-10(6)14(12,13)5-8/h6H,2-5H2,1H3,(H,9,11). The lowest BCUT2D eigenvalue weighted by atomic mass is 10.2. The van der Waals surface area contributed by atoms with E-state index in [0.717, 1.165) is 0 Å². The molecule has 1 fully saturated rings. The number of sulfonamides is 1. The zero-order valence-corrected chi connectivity index (χ0v) is 9.44. The maximum atomic E-state index is 11.5. The number of amides is 1. The Bertz CT molecular complexity index is 317. The molecule has 82 valence electrons. The fourth-order valence-corrected chi connectivity index (χ4v) is 2.98. The lowest BCUT2D eigenvalue weighted by molar-refractivity contribution is -0.126. The van der Waals surface area contributed by atoms with Crippen molar-refractivity contribution in [3.05, 3.63) is 0 Å². The zero-order chi connectivity index (χ0) is 10.8. The maximum Gasteiger partial charge on any atom is 0.238 e. The van der Waals surface area contributed by atoms with E-state index in [4.69, 9.17) is 11.6 Å². The molecular formula is C7H13ClN2O3S. The average Bonchev–Trinajstić information content (AvgIpc) is 2.17. The number of halogens is 1. The van der Waals surface area contributed by atoms with Crippen LogP contribution in [0.2, 0.25) is 0 Å². The van der Waals surface area contributed by atoms with Crippen molar-refractivity contribution in [2.45, 2.75) is 19.4 Å². The minimum Gasteiger partial charge on any atom is -0.353 e. The molecule has 1 aliphatic heterocycles. The summed E-state index contributed by atoms with van der Waals surface area (Å²) >= 11 is 5.34. The molecule has 1 amide bonds. The molecule has 1 unspecified atom stereocenters. The van der Waals surface area contributed by atoms with Crippen LogP contribution in [0.15, 0.2) is 0 Å². The van der Waals surface area contributed by atoms with Crippen LogP contribution in [0, 0.1) is 0 Å². The van der Waals surface area contributed by atoms with E-state index in [1.165, 1.54) is 4.31 Å². The molecule has 0 spiro atoms. The van der Waals surface area contributed by atoms with E-state index in [-0.39, 0.29) is 5.91 Å². The Balaban J connectivity index is 2.91. The summed E-state index contributed by atoms with van der Waals surface area (Å²) in [5.41, 5.74) is 0. The van der Waals surface area contributed by atoms with Gasteiger partial charge in [-0.25, -0.2) is 8.42 Å². The number of hydrogen-bond acceptors (Lipinski definition) is 3. The quantitative estimate of drug-likeness (QED) is 0.691. The monoisotopic (exact) mass is 240 g/mol. The average molecular weight is 241 g/mol. The van der Waals surface area contributed by atoms with Crippen LogP contribution in [0.25, 0.3) is 0 Å². The Labute approximate surface area is 88.5 Å². The summed E-state index contributed by atoms with van der Waals surface area (Å²) in [6, 6.07) is -0.604. The van der Waals surface area contributed by atoms with Crippen LogP contribution in [0.1, 0.15) is 13.3 Å². The summed E-state index contributed by atoms with van der Waals surface area (Å²) in [4.78, 5) is 11.3. The number of carbonyl (C=O) groups is 1. The van der Waals surface area contributed by atoms with Gasteiger partial charge in [0.05, 0.1) is 0 Å². The van der Waals surface area contributed by atoms with E-state index < -0.39 is 21.3 Å². The molecule has 0 aromatic rings. The minimum absolute atomic E-state index is 0.243. The van der Waals surface area contributed by atoms with Gasteiger partial charge in [-0.05, 0) is 6.42 Å². The van der Waals surface area contributed by atoms with E-state index in [0.29, 0.717) is 19.5 Å². The molecular weight excluding hydrogens is 228 g/mol. The first-order chi connectivity index (χ1) is 6.53. The van der Waals surface area contributed by atoms with Gasteiger partial charge in [-0.1, -0.05) is 6.92 Å². The van der Waals surface area contributed by atoms with Crippen LogP contribution in [-0.2, 0) is 14.8 Å². The molecule has 0 radical (unpaired) electrons. The van der Waals surface area contributed by atoms with Crippen molar-refractivity contribution in [1.82, 2.24) is 9.62 Å². The first kappa shape index (κ1) is 11.7. The van der Waals surface area contributed by atoms with E-state index in [9.17, 15) is 13.2 Å². The lowest BCUT2D eigenvalue weighted by Gasteiger charge is -2.32. The van der Waals surface area contributed by atoms with Gasteiger partial charge in [0.25, 0.3) is 0 Å². The van der Waals surface area contributed by atoms with Crippen molar-refractivity contribution in [2.75, 3.05) is 18.3 Å². The van der Waals surface area contributed by atoms with Crippen molar-refractivity contribution in [3.8, 4) is 0 Å². The van der Waals surface area contributed by atoms with Gasteiger partial charge in [-0.2, -0.15) is 4.31 Å². The van der Waals surface area contributed by atoms with Crippen LogP contribution >= 0.6 is 11.6 Å². The molecule has 1 saturated heterocycles. The van der Waals surface area contributed by atoms with Crippen LogP contribution < -0.4 is 5.32 Å². The molecule has 0 aromatic heterocycles. The topological polar surface area (TPSA) is 66.5 Å². The summed E-state index contributed by atoms with van der Waals surface area (Å²) < 4.78 is 24.1. The number of nitrogens with zero attached hydrogens (tertiary/aromatic N) is 1. The largest absolute Gasteiger partial charge is 0.353 e. The van der Waals surface area contributed by atoms with Crippen molar-refractivity contribution < 1.29 is 13.2 Å². The Morgan fingerprint density at radius 1 is 1.64 bits per heavy atom. The molecule has 0 aliphatic carbocycles. The third-order valence-electron chi connectivity index (χ3n) is 2.16. The van der Waals surface area contributed by atoms with E-state index in [1.54, 1.807) is 6.92 Å². The first-order valence-corrected chi connectivity index (χ1v) is 6.50. The molecule has 14 heavy (non-hydrogen) atoms. The molecule has 1 heterocycles. The Morgan fingerprint density at radius 2 is 2.29 bits per heavy atom. The predicted molar refractivity (Wildman–Crippen MR) is 53.4 cm³/mol. The highest BCUT2D eigenvalue weighted by molar-refractivity contribution is 7.90. The maximum absolute atomic E-state index is 11.5. The first-order valence-electron chi connectivity index (χ1n) is 4.36. The van der Waals surface area contributed by atoms with Gasteiger partial charge in [-0.3, -0.25) is 4.79 Å². The third kappa shape index (κ3) is 2.18. The predicted octanol–water partition coefficient (Wildman–Crippen LogP) is -0.277. The summed E-state index contributed by atoms with van der Waals surface area (Å²) in [5, 5.41) is 2.15. The number of hydrogen-bond donors (Lipinski definition) is 1. The summed E-state index contributed by atoms with van der Waals surface area (Å²) in [5.74, 6) is -0.243. The zero-order valence-electron chi connectivity index (χ0n) is 7.86. The second-order valence-electron chi connectivity index (χ2n) is 3.05. The molecule has 1 atom stereocenters. The van der Waals surface area contributed by atoms with Gasteiger partial charge in [0.2, 0.25) is 15.9 Å².